The molecule has 17 heteroatoms. The fourth-order valence-electron chi connectivity index (χ4n) is 2.56. The Labute approximate surface area is 215 Å². The highest BCUT2D eigenvalue weighted by Gasteiger charge is 2.24. The summed E-state index contributed by atoms with van der Waals surface area (Å²) in [4.78, 5) is 36.6. The molecule has 0 aromatic carbocycles. The number of sulfone groups is 2. The summed E-state index contributed by atoms with van der Waals surface area (Å²) in [6, 6.07) is 0. The Balaban J connectivity index is 0.000000192. The van der Waals surface area contributed by atoms with Crippen molar-refractivity contribution in [2.24, 2.45) is 0 Å². The molecule has 2 aliphatic rings. The number of H-pyrrole nitrogens is 2. The predicted molar refractivity (Wildman–Crippen MR) is 135 cm³/mol. The number of aromatic nitrogens is 4. The Morgan fingerprint density at radius 2 is 1.24 bits per heavy atom. The van der Waals surface area contributed by atoms with Crippen molar-refractivity contribution in [2.75, 3.05) is 54.1 Å². The number of nitrogens with one attached hydrogen (secondary N) is 3. The molecular formula is C16H21Br3N6O6S2. The van der Waals surface area contributed by atoms with E-state index in [1.54, 1.807) is 4.90 Å². The van der Waals surface area contributed by atoms with Crippen molar-refractivity contribution >= 4 is 73.3 Å². The molecule has 4 rings (SSSR count). The summed E-state index contributed by atoms with van der Waals surface area (Å²) in [7, 11) is -5.59. The van der Waals surface area contributed by atoms with E-state index in [4.69, 9.17) is 0 Å². The summed E-state index contributed by atoms with van der Waals surface area (Å²) in [6.45, 7) is 1.88. The molecule has 4 heterocycles. The van der Waals surface area contributed by atoms with E-state index in [2.05, 4.69) is 73.0 Å². The number of rotatable bonds is 1. The molecule has 184 valence electrons. The molecule has 0 radical (unpaired) electrons. The molecule has 0 amide bonds. The van der Waals surface area contributed by atoms with Gasteiger partial charge in [-0.25, -0.2) is 26.8 Å². The Morgan fingerprint density at radius 3 is 1.70 bits per heavy atom. The van der Waals surface area contributed by atoms with E-state index in [0.29, 0.717) is 46.9 Å². The van der Waals surface area contributed by atoms with Crippen LogP contribution >= 0.6 is 47.8 Å². The molecule has 3 N–H and O–H groups in total. The van der Waals surface area contributed by atoms with Gasteiger partial charge in [-0.15, -0.1) is 0 Å². The number of hydrogen-bond donors (Lipinski definition) is 3. The Bertz CT molecular complexity index is 1260. The number of halogens is 3. The second-order valence-corrected chi connectivity index (χ2v) is 13.7. The molecule has 2 aromatic heterocycles. The lowest BCUT2D eigenvalue weighted by Gasteiger charge is -2.26. The molecule has 2 fully saturated rings. The average Bonchev–Trinajstić information content (AvgIpc) is 2.74. The molecule has 0 spiro atoms. The molecule has 2 saturated heterocycles. The van der Waals surface area contributed by atoms with Crippen molar-refractivity contribution in [1.82, 2.24) is 25.3 Å². The molecule has 0 unspecified atom stereocenters. The van der Waals surface area contributed by atoms with E-state index in [9.17, 15) is 26.4 Å². The first-order valence-electron chi connectivity index (χ1n) is 9.41. The molecule has 33 heavy (non-hydrogen) atoms. The molecule has 0 saturated carbocycles. The maximum absolute atomic E-state index is 11.5. The minimum atomic E-state index is -2.94. The van der Waals surface area contributed by atoms with Gasteiger partial charge >= 0.3 is 0 Å². The zero-order valence-corrected chi connectivity index (χ0v) is 23.4. The third-order valence-corrected chi connectivity index (χ3v) is 8.89. The number of anilines is 1. The summed E-state index contributed by atoms with van der Waals surface area (Å²) >= 11 is 9.21. The first kappa shape index (κ1) is 28.1. The smallest absolute Gasteiger partial charge is 0.290 e. The Morgan fingerprint density at radius 1 is 0.758 bits per heavy atom. The van der Waals surface area contributed by atoms with Gasteiger partial charge in [-0.2, -0.15) is 0 Å². The lowest BCUT2D eigenvalue weighted by Crippen LogP contribution is -2.43. The van der Waals surface area contributed by atoms with Crippen LogP contribution in [0, 0.1) is 0 Å². The van der Waals surface area contributed by atoms with E-state index >= 15 is 0 Å². The summed E-state index contributed by atoms with van der Waals surface area (Å²) < 4.78 is 45.1. The Kier molecular flexibility index (Phi) is 10.7. The first-order chi connectivity index (χ1) is 15.4. The SMILES string of the molecule is O=S1(=O)CCNCC1.O=c1[nH]cc(Br)nc1Br.O=c1[nH]cc(Br)nc1N1CCS(=O)(=O)CC1. The van der Waals surface area contributed by atoms with Crippen molar-refractivity contribution in [3.05, 3.63) is 46.9 Å². The lowest BCUT2D eigenvalue weighted by atomic mass is 10.4. The topological polar surface area (TPSA) is 175 Å². The standard InChI is InChI=1S/C8H10BrN3O3S.C4H2Br2N2O.C4H9NO2S/c9-6-5-10-8(13)7(11-6)12-1-3-16(14,15)4-2-12;5-2-1-7-4(9)3(6)8-2;6-8(7)3-1-5-2-4-8/h5H,1-4H2,(H,10,13);1H,(H,7,9);5H,1-4H2. The largest absolute Gasteiger partial charge is 0.350 e. The summed E-state index contributed by atoms with van der Waals surface area (Å²) in [5, 5.41) is 2.96. The van der Waals surface area contributed by atoms with Crippen LogP contribution in [0.15, 0.2) is 35.8 Å². The molecule has 12 nitrogen and oxygen atoms in total. The van der Waals surface area contributed by atoms with Gasteiger partial charge < -0.3 is 20.2 Å². The van der Waals surface area contributed by atoms with E-state index in [-0.39, 0.29) is 33.0 Å². The molecule has 0 bridgehead atoms. The van der Waals surface area contributed by atoms with Gasteiger partial charge in [-0.1, -0.05) is 0 Å². The predicted octanol–water partition coefficient (Wildman–Crippen LogP) is 0.0665. The maximum atomic E-state index is 11.5. The van der Waals surface area contributed by atoms with E-state index in [1.165, 1.54) is 12.4 Å². The van der Waals surface area contributed by atoms with Gasteiger partial charge in [-0.05, 0) is 47.8 Å². The van der Waals surface area contributed by atoms with Gasteiger partial charge in [0.2, 0.25) is 0 Å². The number of hydrogen-bond acceptors (Lipinski definition) is 10. The van der Waals surface area contributed by atoms with Crippen LogP contribution in [-0.2, 0) is 19.7 Å². The van der Waals surface area contributed by atoms with Gasteiger partial charge in [0.1, 0.15) is 9.21 Å². The molecule has 0 aliphatic carbocycles. The molecule has 0 atom stereocenters. The Hall–Kier alpha value is -1.14. The van der Waals surface area contributed by atoms with E-state index < -0.39 is 19.7 Å². The summed E-state index contributed by atoms with van der Waals surface area (Å²) in [6.07, 6.45) is 2.93. The fraction of sp³-hybridized carbons (Fsp3) is 0.500. The van der Waals surface area contributed by atoms with Gasteiger partial charge in [0.25, 0.3) is 11.1 Å². The number of aromatic amines is 2. The quantitative estimate of drug-likeness (QED) is 0.370. The molecule has 2 aliphatic heterocycles. The van der Waals surface area contributed by atoms with Gasteiger partial charge in [-0.3, -0.25) is 9.59 Å². The number of nitrogens with zero attached hydrogens (tertiary/aromatic N) is 3. The minimum absolute atomic E-state index is 0.0701. The lowest BCUT2D eigenvalue weighted by molar-refractivity contribution is 0.577. The van der Waals surface area contributed by atoms with Crippen LogP contribution in [0.5, 0.6) is 0 Å². The van der Waals surface area contributed by atoms with Gasteiger partial charge in [0.15, 0.2) is 30.1 Å². The van der Waals surface area contributed by atoms with Crippen LogP contribution in [0.25, 0.3) is 0 Å². The molecular weight excluding hydrogens is 676 g/mol. The third kappa shape index (κ3) is 9.94. The normalized spacial score (nSPS) is 18.8. The first-order valence-corrected chi connectivity index (χ1v) is 15.4. The summed E-state index contributed by atoms with van der Waals surface area (Å²) in [5.74, 6) is 1.03. The van der Waals surface area contributed by atoms with Crippen molar-refractivity contribution in [1.29, 1.82) is 0 Å². The van der Waals surface area contributed by atoms with Crippen LogP contribution in [0.2, 0.25) is 0 Å². The van der Waals surface area contributed by atoms with Crippen LogP contribution in [-0.4, -0.2) is 86.0 Å². The highest BCUT2D eigenvalue weighted by atomic mass is 79.9. The van der Waals surface area contributed by atoms with Crippen LogP contribution in [0.3, 0.4) is 0 Å². The zero-order chi connectivity index (χ0) is 24.6. The highest BCUT2D eigenvalue weighted by Crippen LogP contribution is 2.12. The van der Waals surface area contributed by atoms with E-state index in [1.807, 2.05) is 0 Å². The van der Waals surface area contributed by atoms with Crippen molar-refractivity contribution in [2.45, 2.75) is 0 Å². The van der Waals surface area contributed by atoms with E-state index in [0.717, 1.165) is 0 Å². The zero-order valence-electron chi connectivity index (χ0n) is 17.1. The van der Waals surface area contributed by atoms with Crippen LogP contribution < -0.4 is 21.3 Å². The molecule has 2 aromatic rings. The minimum Gasteiger partial charge on any atom is -0.350 e. The second kappa shape index (κ2) is 12.5. The van der Waals surface area contributed by atoms with Crippen LogP contribution in [0.1, 0.15) is 0 Å². The highest BCUT2D eigenvalue weighted by molar-refractivity contribution is 9.11. The monoisotopic (exact) mass is 694 g/mol. The van der Waals surface area contributed by atoms with Crippen molar-refractivity contribution in [3.8, 4) is 0 Å². The van der Waals surface area contributed by atoms with Crippen molar-refractivity contribution in [3.63, 3.8) is 0 Å². The maximum Gasteiger partial charge on any atom is 0.290 e. The van der Waals surface area contributed by atoms with Gasteiger partial charge in [0.05, 0.1) is 23.0 Å². The average molecular weight is 697 g/mol. The fourth-order valence-corrected chi connectivity index (χ4v) is 5.99. The van der Waals surface area contributed by atoms with Gasteiger partial charge in [0, 0.05) is 38.6 Å². The summed E-state index contributed by atoms with van der Waals surface area (Å²) in [5.41, 5.74) is -0.527. The van der Waals surface area contributed by atoms with Crippen molar-refractivity contribution < 1.29 is 16.8 Å². The van der Waals surface area contributed by atoms with Crippen LogP contribution in [0.4, 0.5) is 5.82 Å². The second-order valence-electron chi connectivity index (χ2n) is 6.76. The third-order valence-electron chi connectivity index (χ3n) is 4.28.